The summed E-state index contributed by atoms with van der Waals surface area (Å²) in [7, 11) is 1.55. The molecular formula is C16H16ClN3O4. The fraction of sp³-hybridized carbons (Fsp3) is 0.312. The van der Waals surface area contributed by atoms with E-state index in [1.807, 2.05) is 12.1 Å². The highest BCUT2D eigenvalue weighted by Gasteiger charge is 2.30. The molecule has 0 radical (unpaired) electrons. The number of carboxylic acids is 1. The molecule has 126 valence electrons. The number of aromatic carboxylic acids is 1. The van der Waals surface area contributed by atoms with Crippen molar-refractivity contribution in [1.29, 1.82) is 0 Å². The van der Waals surface area contributed by atoms with E-state index in [1.165, 1.54) is 10.9 Å². The number of hydrogen-bond acceptors (Lipinski definition) is 4. The van der Waals surface area contributed by atoms with Gasteiger partial charge in [0.1, 0.15) is 17.4 Å². The van der Waals surface area contributed by atoms with E-state index in [4.69, 9.17) is 16.3 Å². The molecule has 1 amide bonds. The second-order valence-corrected chi connectivity index (χ2v) is 5.93. The molecule has 2 aromatic rings. The lowest BCUT2D eigenvalue weighted by Crippen LogP contribution is -2.43. The number of halogens is 1. The first-order valence-corrected chi connectivity index (χ1v) is 7.77. The molecule has 0 saturated carbocycles. The summed E-state index contributed by atoms with van der Waals surface area (Å²) in [6.45, 7) is 1.11. The van der Waals surface area contributed by atoms with Gasteiger partial charge in [0, 0.05) is 18.6 Å². The van der Waals surface area contributed by atoms with Crippen LogP contribution in [0.1, 0.15) is 32.5 Å². The van der Waals surface area contributed by atoms with E-state index in [1.54, 1.807) is 24.1 Å². The molecule has 0 unspecified atom stereocenters. The monoisotopic (exact) mass is 349 g/mol. The Bertz CT molecular complexity index is 772. The SMILES string of the molecule is Cn1ncc(C(=O)O)c1C(=O)N1CCO[C@H](c2ccc(Cl)cc2)C1. The summed E-state index contributed by atoms with van der Waals surface area (Å²) in [6, 6.07) is 7.25. The Kier molecular flexibility index (Phi) is 4.55. The largest absolute Gasteiger partial charge is 0.478 e. The maximum Gasteiger partial charge on any atom is 0.339 e. The molecule has 1 atom stereocenters. The Morgan fingerprint density at radius 2 is 2.04 bits per heavy atom. The van der Waals surface area contributed by atoms with Crippen molar-refractivity contribution in [3.63, 3.8) is 0 Å². The van der Waals surface area contributed by atoms with Crippen molar-refractivity contribution in [2.75, 3.05) is 19.7 Å². The zero-order chi connectivity index (χ0) is 17.3. The minimum atomic E-state index is -1.17. The normalized spacial score (nSPS) is 17.8. The fourth-order valence-corrected chi connectivity index (χ4v) is 2.84. The van der Waals surface area contributed by atoms with Crippen molar-refractivity contribution in [1.82, 2.24) is 14.7 Å². The lowest BCUT2D eigenvalue weighted by molar-refractivity contribution is -0.0232. The van der Waals surface area contributed by atoms with E-state index in [0.717, 1.165) is 5.56 Å². The van der Waals surface area contributed by atoms with Gasteiger partial charge >= 0.3 is 5.97 Å². The molecule has 1 N–H and O–H groups in total. The van der Waals surface area contributed by atoms with Gasteiger partial charge in [-0.1, -0.05) is 23.7 Å². The third-order valence-electron chi connectivity index (χ3n) is 3.97. The smallest absolute Gasteiger partial charge is 0.339 e. The topological polar surface area (TPSA) is 84.7 Å². The first-order valence-electron chi connectivity index (χ1n) is 7.39. The summed E-state index contributed by atoms with van der Waals surface area (Å²) in [5, 5.41) is 13.7. The van der Waals surface area contributed by atoms with Gasteiger partial charge in [0.15, 0.2) is 0 Å². The van der Waals surface area contributed by atoms with Gasteiger partial charge in [-0.2, -0.15) is 5.10 Å². The van der Waals surface area contributed by atoms with Crippen LogP contribution in [-0.4, -0.2) is 51.4 Å². The number of amides is 1. The number of carbonyl (C=O) groups is 2. The van der Waals surface area contributed by atoms with Crippen LogP contribution in [0.4, 0.5) is 0 Å². The molecule has 1 aromatic carbocycles. The van der Waals surface area contributed by atoms with Crippen LogP contribution in [0.25, 0.3) is 0 Å². The van der Waals surface area contributed by atoms with Crippen molar-refractivity contribution < 1.29 is 19.4 Å². The summed E-state index contributed by atoms with van der Waals surface area (Å²) >= 11 is 5.89. The van der Waals surface area contributed by atoms with E-state index < -0.39 is 5.97 Å². The van der Waals surface area contributed by atoms with Crippen LogP contribution >= 0.6 is 11.6 Å². The highest BCUT2D eigenvalue weighted by Crippen LogP contribution is 2.25. The first-order chi connectivity index (χ1) is 11.5. The molecule has 0 spiro atoms. The number of aryl methyl sites for hydroxylation is 1. The van der Waals surface area contributed by atoms with Crippen molar-refractivity contribution >= 4 is 23.5 Å². The number of carboxylic acid groups (broad SMARTS) is 1. The third-order valence-corrected chi connectivity index (χ3v) is 4.22. The first kappa shape index (κ1) is 16.5. The highest BCUT2D eigenvalue weighted by atomic mass is 35.5. The molecule has 1 aliphatic heterocycles. The number of nitrogens with zero attached hydrogens (tertiary/aromatic N) is 3. The number of carbonyl (C=O) groups excluding carboxylic acids is 1. The minimum Gasteiger partial charge on any atom is -0.478 e. The molecule has 24 heavy (non-hydrogen) atoms. The summed E-state index contributed by atoms with van der Waals surface area (Å²) in [5.41, 5.74) is 0.886. The maximum atomic E-state index is 12.8. The summed E-state index contributed by atoms with van der Waals surface area (Å²) in [6.07, 6.45) is 0.911. The van der Waals surface area contributed by atoms with Gasteiger partial charge in [-0.05, 0) is 17.7 Å². The van der Waals surface area contributed by atoms with E-state index in [2.05, 4.69) is 5.10 Å². The average molecular weight is 350 g/mol. The van der Waals surface area contributed by atoms with Crippen LogP contribution in [0, 0.1) is 0 Å². The van der Waals surface area contributed by atoms with Crippen LogP contribution in [-0.2, 0) is 11.8 Å². The van der Waals surface area contributed by atoms with Crippen LogP contribution < -0.4 is 0 Å². The number of hydrogen-bond donors (Lipinski definition) is 1. The van der Waals surface area contributed by atoms with Gasteiger partial charge in [-0.25, -0.2) is 4.79 Å². The molecule has 1 fully saturated rings. The van der Waals surface area contributed by atoms with Crippen molar-refractivity contribution in [2.24, 2.45) is 7.05 Å². The van der Waals surface area contributed by atoms with Crippen LogP contribution in [0.2, 0.25) is 5.02 Å². The molecule has 1 aliphatic rings. The van der Waals surface area contributed by atoms with Crippen LogP contribution in [0.15, 0.2) is 30.5 Å². The molecule has 1 aromatic heterocycles. The number of ether oxygens (including phenoxy) is 1. The average Bonchev–Trinajstić information content (AvgIpc) is 2.97. The number of rotatable bonds is 3. The second-order valence-electron chi connectivity index (χ2n) is 5.50. The fourth-order valence-electron chi connectivity index (χ4n) is 2.71. The van der Waals surface area contributed by atoms with Gasteiger partial charge < -0.3 is 14.7 Å². The van der Waals surface area contributed by atoms with E-state index in [9.17, 15) is 14.7 Å². The maximum absolute atomic E-state index is 12.8. The molecule has 8 heteroatoms. The lowest BCUT2D eigenvalue weighted by Gasteiger charge is -2.33. The predicted octanol–water partition coefficient (Wildman–Crippen LogP) is 1.99. The molecule has 2 heterocycles. The van der Waals surface area contributed by atoms with Gasteiger partial charge in [0.25, 0.3) is 5.91 Å². The minimum absolute atomic E-state index is 0.0688. The van der Waals surface area contributed by atoms with Crippen molar-refractivity contribution in [2.45, 2.75) is 6.10 Å². The molecule has 7 nitrogen and oxygen atoms in total. The Balaban J connectivity index is 1.82. The zero-order valence-electron chi connectivity index (χ0n) is 13.0. The van der Waals surface area contributed by atoms with Gasteiger partial charge in [-0.3, -0.25) is 9.48 Å². The molecule has 1 saturated heterocycles. The van der Waals surface area contributed by atoms with Gasteiger partial charge in [-0.15, -0.1) is 0 Å². The van der Waals surface area contributed by atoms with Crippen LogP contribution in [0.5, 0.6) is 0 Å². The van der Waals surface area contributed by atoms with E-state index in [0.29, 0.717) is 24.7 Å². The molecular weight excluding hydrogens is 334 g/mol. The number of morpholine rings is 1. The highest BCUT2D eigenvalue weighted by molar-refractivity contribution is 6.30. The molecule has 0 aliphatic carbocycles. The lowest BCUT2D eigenvalue weighted by atomic mass is 10.1. The van der Waals surface area contributed by atoms with Crippen LogP contribution in [0.3, 0.4) is 0 Å². The Morgan fingerprint density at radius 3 is 2.71 bits per heavy atom. The summed E-state index contributed by atoms with van der Waals surface area (Å²) in [4.78, 5) is 25.6. The van der Waals surface area contributed by atoms with Gasteiger partial charge in [0.05, 0.1) is 19.3 Å². The Labute approximate surface area is 143 Å². The Morgan fingerprint density at radius 1 is 1.33 bits per heavy atom. The zero-order valence-corrected chi connectivity index (χ0v) is 13.7. The van der Waals surface area contributed by atoms with Crippen molar-refractivity contribution in [3.05, 3.63) is 52.3 Å². The van der Waals surface area contributed by atoms with Crippen molar-refractivity contribution in [3.8, 4) is 0 Å². The molecule has 3 rings (SSSR count). The van der Waals surface area contributed by atoms with E-state index >= 15 is 0 Å². The quantitative estimate of drug-likeness (QED) is 0.916. The Hall–Kier alpha value is -2.38. The molecule has 0 bridgehead atoms. The second kappa shape index (κ2) is 6.62. The summed E-state index contributed by atoms with van der Waals surface area (Å²) in [5.74, 6) is -1.54. The predicted molar refractivity (Wildman–Crippen MR) is 86.2 cm³/mol. The number of aromatic nitrogens is 2. The van der Waals surface area contributed by atoms with E-state index in [-0.39, 0.29) is 23.3 Å². The van der Waals surface area contributed by atoms with Gasteiger partial charge in [0.2, 0.25) is 0 Å². The number of benzene rings is 1. The third kappa shape index (κ3) is 3.13. The standard InChI is InChI=1S/C16H16ClN3O4/c1-19-14(12(8-18-19)16(22)23)15(21)20-6-7-24-13(9-20)10-2-4-11(17)5-3-10/h2-5,8,13H,6-7,9H2,1H3,(H,22,23)/t13-/m0/s1. The summed E-state index contributed by atoms with van der Waals surface area (Å²) < 4.78 is 7.02.